The number of methoxy groups -OCH3 is 3. The maximum atomic E-state index is 12.3. The van der Waals surface area contributed by atoms with Crippen LogP contribution in [0, 0.1) is 0 Å². The Bertz CT molecular complexity index is 637. The summed E-state index contributed by atoms with van der Waals surface area (Å²) < 4.78 is 15.7. The van der Waals surface area contributed by atoms with Gasteiger partial charge in [0, 0.05) is 24.5 Å². The number of amides is 1. The van der Waals surface area contributed by atoms with E-state index in [0.29, 0.717) is 35.8 Å². The Morgan fingerprint density at radius 2 is 1.65 bits per heavy atom. The normalized spacial score (nSPS) is 10.0. The first kappa shape index (κ1) is 16.5. The highest BCUT2D eigenvalue weighted by Gasteiger charge is 2.16. The number of benzene rings is 1. The van der Waals surface area contributed by atoms with Gasteiger partial charge in [-0.05, 0) is 24.1 Å². The fraction of sp³-hybridized carbons (Fsp3) is 0.312. The third kappa shape index (κ3) is 4.09. The topological polar surface area (TPSA) is 82.6 Å². The van der Waals surface area contributed by atoms with Gasteiger partial charge in [0.15, 0.2) is 11.5 Å². The average Bonchev–Trinajstić information content (AvgIpc) is 2.61. The van der Waals surface area contributed by atoms with Gasteiger partial charge in [-0.3, -0.25) is 4.79 Å². The van der Waals surface area contributed by atoms with Gasteiger partial charge in [-0.15, -0.1) is 0 Å². The first-order valence-corrected chi connectivity index (χ1v) is 7.01. The summed E-state index contributed by atoms with van der Waals surface area (Å²) in [6.07, 6.45) is 5.56. The van der Waals surface area contributed by atoms with Gasteiger partial charge in [0.25, 0.3) is 5.91 Å². The van der Waals surface area contributed by atoms with Crippen LogP contribution in [0.2, 0.25) is 0 Å². The molecule has 0 aliphatic rings. The lowest BCUT2D eigenvalue weighted by Crippen LogP contribution is -2.25. The first-order chi connectivity index (χ1) is 11.2. The Morgan fingerprint density at radius 3 is 2.17 bits per heavy atom. The fourth-order valence-electron chi connectivity index (χ4n) is 2.09. The molecule has 0 bridgehead atoms. The van der Waals surface area contributed by atoms with E-state index in [0.717, 1.165) is 5.56 Å². The summed E-state index contributed by atoms with van der Waals surface area (Å²) in [6.45, 7) is 0.475. The minimum Gasteiger partial charge on any atom is -0.493 e. The van der Waals surface area contributed by atoms with Crippen molar-refractivity contribution in [3.63, 3.8) is 0 Å². The van der Waals surface area contributed by atoms with E-state index in [1.165, 1.54) is 27.7 Å². The van der Waals surface area contributed by atoms with Gasteiger partial charge in [-0.1, -0.05) is 0 Å². The maximum Gasteiger partial charge on any atom is 0.251 e. The highest BCUT2D eigenvalue weighted by molar-refractivity contribution is 5.95. The molecule has 1 N–H and O–H groups in total. The monoisotopic (exact) mass is 317 g/mol. The van der Waals surface area contributed by atoms with Crippen molar-refractivity contribution in [2.75, 3.05) is 27.9 Å². The second kappa shape index (κ2) is 7.98. The molecule has 0 saturated heterocycles. The van der Waals surface area contributed by atoms with Crippen LogP contribution in [0.5, 0.6) is 17.2 Å². The average molecular weight is 317 g/mol. The van der Waals surface area contributed by atoms with Crippen LogP contribution >= 0.6 is 0 Å². The molecule has 0 aliphatic carbocycles. The molecule has 2 aromatic rings. The summed E-state index contributed by atoms with van der Waals surface area (Å²) in [5, 5.41) is 2.84. The number of hydrogen-bond acceptors (Lipinski definition) is 6. The van der Waals surface area contributed by atoms with Crippen LogP contribution in [0.4, 0.5) is 0 Å². The second-order valence-electron chi connectivity index (χ2n) is 4.67. The molecule has 2 rings (SSSR count). The lowest BCUT2D eigenvalue weighted by Gasteiger charge is -2.14. The third-order valence-electron chi connectivity index (χ3n) is 3.24. The summed E-state index contributed by atoms with van der Waals surface area (Å²) >= 11 is 0. The largest absolute Gasteiger partial charge is 0.493 e. The lowest BCUT2D eigenvalue weighted by molar-refractivity contribution is 0.0953. The first-order valence-electron chi connectivity index (χ1n) is 7.01. The van der Waals surface area contributed by atoms with Crippen molar-refractivity contribution in [3.8, 4) is 17.2 Å². The maximum absolute atomic E-state index is 12.3. The molecule has 7 heteroatoms. The predicted octanol–water partition coefficient (Wildman–Crippen LogP) is 1.47. The number of nitrogens with one attached hydrogen (secondary N) is 1. The third-order valence-corrected chi connectivity index (χ3v) is 3.24. The van der Waals surface area contributed by atoms with E-state index >= 15 is 0 Å². The molecule has 0 saturated carbocycles. The van der Waals surface area contributed by atoms with Crippen molar-refractivity contribution in [1.82, 2.24) is 15.3 Å². The van der Waals surface area contributed by atoms with Crippen LogP contribution in [0.15, 0.2) is 30.9 Å². The van der Waals surface area contributed by atoms with Crippen LogP contribution in [0.25, 0.3) is 0 Å². The standard InChI is InChI=1S/C16H19N3O4/c1-21-13-6-12(7-14(22-2)15(13)23-3)16(20)19-5-4-11-8-17-10-18-9-11/h6-10H,4-5H2,1-3H3,(H,19,20). The van der Waals surface area contributed by atoms with Gasteiger partial charge in [0.1, 0.15) is 6.33 Å². The molecule has 122 valence electrons. The van der Waals surface area contributed by atoms with Crippen LogP contribution in [0.1, 0.15) is 15.9 Å². The molecule has 0 spiro atoms. The van der Waals surface area contributed by atoms with Crippen molar-refractivity contribution >= 4 is 5.91 Å². The van der Waals surface area contributed by atoms with Crippen molar-refractivity contribution in [2.45, 2.75) is 6.42 Å². The molecule has 1 aromatic heterocycles. The predicted molar refractivity (Wildman–Crippen MR) is 84.2 cm³/mol. The molecular weight excluding hydrogens is 298 g/mol. The molecule has 1 heterocycles. The molecule has 0 fully saturated rings. The molecule has 0 radical (unpaired) electrons. The summed E-state index contributed by atoms with van der Waals surface area (Å²) in [5.74, 6) is 1.11. The molecule has 0 atom stereocenters. The van der Waals surface area contributed by atoms with Crippen molar-refractivity contribution in [1.29, 1.82) is 0 Å². The van der Waals surface area contributed by atoms with Crippen molar-refractivity contribution < 1.29 is 19.0 Å². The Kier molecular flexibility index (Phi) is 5.74. The van der Waals surface area contributed by atoms with E-state index in [4.69, 9.17) is 14.2 Å². The summed E-state index contributed by atoms with van der Waals surface area (Å²) in [4.78, 5) is 20.1. The van der Waals surface area contributed by atoms with E-state index in [2.05, 4.69) is 15.3 Å². The highest BCUT2D eigenvalue weighted by atomic mass is 16.5. The van der Waals surface area contributed by atoms with Crippen LogP contribution < -0.4 is 19.5 Å². The van der Waals surface area contributed by atoms with E-state index < -0.39 is 0 Å². The summed E-state index contributed by atoms with van der Waals surface area (Å²) in [5.41, 5.74) is 1.39. The van der Waals surface area contributed by atoms with Crippen molar-refractivity contribution in [2.24, 2.45) is 0 Å². The Balaban J connectivity index is 2.07. The van der Waals surface area contributed by atoms with Gasteiger partial charge in [0.2, 0.25) is 5.75 Å². The fourth-order valence-corrected chi connectivity index (χ4v) is 2.09. The van der Waals surface area contributed by atoms with Crippen LogP contribution in [-0.2, 0) is 6.42 Å². The van der Waals surface area contributed by atoms with Crippen molar-refractivity contribution in [3.05, 3.63) is 42.0 Å². The quantitative estimate of drug-likeness (QED) is 0.833. The minimum absolute atomic E-state index is 0.221. The lowest BCUT2D eigenvalue weighted by atomic mass is 10.1. The summed E-state index contributed by atoms with van der Waals surface area (Å²) in [7, 11) is 4.53. The number of aromatic nitrogens is 2. The van der Waals surface area contributed by atoms with Gasteiger partial charge in [-0.25, -0.2) is 9.97 Å². The number of carbonyl (C=O) groups is 1. The zero-order valence-electron chi connectivity index (χ0n) is 13.3. The molecule has 1 aromatic carbocycles. The van der Waals surface area contributed by atoms with Gasteiger partial charge < -0.3 is 19.5 Å². The van der Waals surface area contributed by atoms with Gasteiger partial charge >= 0.3 is 0 Å². The van der Waals surface area contributed by atoms with E-state index in [1.807, 2.05) is 0 Å². The molecular formula is C16H19N3O4. The zero-order chi connectivity index (χ0) is 16.7. The minimum atomic E-state index is -0.221. The van der Waals surface area contributed by atoms with E-state index in [9.17, 15) is 4.79 Å². The number of ether oxygens (including phenoxy) is 3. The second-order valence-corrected chi connectivity index (χ2v) is 4.67. The molecule has 0 aliphatic heterocycles. The van der Waals surface area contributed by atoms with Crippen LogP contribution in [0.3, 0.4) is 0 Å². The van der Waals surface area contributed by atoms with Crippen LogP contribution in [-0.4, -0.2) is 43.7 Å². The highest BCUT2D eigenvalue weighted by Crippen LogP contribution is 2.38. The Labute approximate surface area is 134 Å². The Hall–Kier alpha value is -2.83. The number of nitrogens with zero attached hydrogens (tertiary/aromatic N) is 2. The number of hydrogen-bond donors (Lipinski definition) is 1. The molecule has 1 amide bonds. The van der Waals surface area contributed by atoms with E-state index in [-0.39, 0.29) is 5.91 Å². The van der Waals surface area contributed by atoms with Gasteiger partial charge in [0.05, 0.1) is 21.3 Å². The zero-order valence-corrected chi connectivity index (χ0v) is 13.3. The van der Waals surface area contributed by atoms with E-state index in [1.54, 1.807) is 24.5 Å². The smallest absolute Gasteiger partial charge is 0.251 e. The summed E-state index contributed by atoms with van der Waals surface area (Å²) in [6, 6.07) is 3.23. The molecule has 0 unspecified atom stereocenters. The molecule has 23 heavy (non-hydrogen) atoms. The Morgan fingerprint density at radius 1 is 1.04 bits per heavy atom. The van der Waals surface area contributed by atoms with Gasteiger partial charge in [-0.2, -0.15) is 0 Å². The SMILES string of the molecule is COc1cc(C(=O)NCCc2cncnc2)cc(OC)c1OC. The molecule has 7 nitrogen and oxygen atoms in total. The number of rotatable bonds is 7. The number of carbonyl (C=O) groups excluding carboxylic acids is 1.